The van der Waals surface area contributed by atoms with E-state index < -0.39 is 0 Å². The molecule has 1 saturated heterocycles. The number of rotatable bonds is 0. The molecule has 0 radical (unpaired) electrons. The summed E-state index contributed by atoms with van der Waals surface area (Å²) in [7, 11) is 0. The molecular formula is C8H16O2Pt. The van der Waals surface area contributed by atoms with E-state index in [1.807, 2.05) is 27.7 Å². The molecule has 0 bridgehead atoms. The smallest absolute Gasteiger partial charge is 0.0811 e. The monoisotopic (exact) mass is 339 g/mol. The first kappa shape index (κ1) is 11.6. The Labute approximate surface area is 82.9 Å². The minimum absolute atomic E-state index is 0. The molecule has 0 aromatic heterocycles. The van der Waals surface area contributed by atoms with E-state index in [0.717, 1.165) is 0 Å². The van der Waals surface area contributed by atoms with Gasteiger partial charge < -0.3 is 9.47 Å². The van der Waals surface area contributed by atoms with Gasteiger partial charge in [-0.2, -0.15) is 0 Å². The second-order valence-electron chi connectivity index (χ2n) is 3.09. The normalized spacial score (nSPS) is 44.7. The van der Waals surface area contributed by atoms with Gasteiger partial charge in [-0.25, -0.2) is 0 Å². The maximum atomic E-state index is 5.59. The Morgan fingerprint density at radius 3 is 1.00 bits per heavy atom. The predicted octanol–water partition coefficient (Wildman–Crippen LogP) is 1.58. The first-order valence-electron chi connectivity index (χ1n) is 3.92. The Morgan fingerprint density at radius 1 is 0.636 bits per heavy atom. The van der Waals surface area contributed by atoms with Crippen LogP contribution in [0.4, 0.5) is 0 Å². The predicted molar refractivity (Wildman–Crippen MR) is 40.0 cm³/mol. The molecule has 70 valence electrons. The van der Waals surface area contributed by atoms with Crippen molar-refractivity contribution in [2.24, 2.45) is 0 Å². The van der Waals surface area contributed by atoms with Gasteiger partial charge >= 0.3 is 0 Å². The van der Waals surface area contributed by atoms with Gasteiger partial charge in [0, 0.05) is 21.1 Å². The van der Waals surface area contributed by atoms with Crippen molar-refractivity contribution < 1.29 is 30.5 Å². The molecule has 0 amide bonds. The minimum atomic E-state index is 0. The van der Waals surface area contributed by atoms with Crippen LogP contribution in [0.5, 0.6) is 0 Å². The van der Waals surface area contributed by atoms with Crippen molar-refractivity contribution in [1.82, 2.24) is 0 Å². The molecule has 2 nitrogen and oxygen atoms in total. The average Bonchev–Trinajstić information content (AvgIpc) is 1.84. The molecule has 4 atom stereocenters. The zero-order valence-electron chi connectivity index (χ0n) is 7.44. The summed E-state index contributed by atoms with van der Waals surface area (Å²) in [5, 5.41) is 0. The van der Waals surface area contributed by atoms with E-state index in [9.17, 15) is 0 Å². The summed E-state index contributed by atoms with van der Waals surface area (Å²) in [6.45, 7) is 8.19. The van der Waals surface area contributed by atoms with Crippen LogP contribution < -0.4 is 0 Å². The third kappa shape index (κ3) is 2.85. The fraction of sp³-hybridized carbons (Fsp3) is 1.00. The molecule has 0 aromatic rings. The van der Waals surface area contributed by atoms with Crippen molar-refractivity contribution in [3.63, 3.8) is 0 Å². The molecule has 1 heterocycles. The van der Waals surface area contributed by atoms with E-state index in [4.69, 9.17) is 9.47 Å². The maximum Gasteiger partial charge on any atom is 0.0811 e. The Balaban J connectivity index is 0.000001000. The van der Waals surface area contributed by atoms with Crippen LogP contribution in [-0.2, 0) is 30.5 Å². The largest absolute Gasteiger partial charge is 0.370 e. The molecule has 1 aliphatic rings. The zero-order chi connectivity index (χ0) is 7.72. The summed E-state index contributed by atoms with van der Waals surface area (Å²) in [6.07, 6.45) is 0.967. The fourth-order valence-corrected chi connectivity index (χ4v) is 1.12. The van der Waals surface area contributed by atoms with E-state index in [1.54, 1.807) is 0 Å². The van der Waals surface area contributed by atoms with Crippen LogP contribution in [0.15, 0.2) is 0 Å². The molecule has 0 N–H and O–H groups in total. The Hall–Kier alpha value is 0.608. The SMILES string of the molecule is CC1OC(C)C(C)OC1C.[Pt]. The summed E-state index contributed by atoms with van der Waals surface area (Å²) in [5.74, 6) is 0. The van der Waals surface area contributed by atoms with Crippen molar-refractivity contribution in [3.8, 4) is 0 Å². The molecule has 0 saturated carbocycles. The first-order chi connectivity index (χ1) is 4.61. The molecule has 0 spiro atoms. The van der Waals surface area contributed by atoms with E-state index >= 15 is 0 Å². The summed E-state index contributed by atoms with van der Waals surface area (Å²) >= 11 is 0. The topological polar surface area (TPSA) is 18.5 Å². The van der Waals surface area contributed by atoms with E-state index in [1.165, 1.54) is 0 Å². The number of hydrogen-bond acceptors (Lipinski definition) is 2. The van der Waals surface area contributed by atoms with Gasteiger partial charge in [0.1, 0.15) is 0 Å². The fourth-order valence-electron chi connectivity index (χ4n) is 1.12. The molecule has 11 heavy (non-hydrogen) atoms. The second-order valence-corrected chi connectivity index (χ2v) is 3.09. The van der Waals surface area contributed by atoms with Crippen LogP contribution in [0.3, 0.4) is 0 Å². The van der Waals surface area contributed by atoms with E-state index in [2.05, 4.69) is 0 Å². The molecule has 3 heteroatoms. The van der Waals surface area contributed by atoms with Gasteiger partial charge in [-0.05, 0) is 27.7 Å². The van der Waals surface area contributed by atoms with Crippen LogP contribution >= 0.6 is 0 Å². The van der Waals surface area contributed by atoms with Crippen molar-refractivity contribution in [2.45, 2.75) is 52.1 Å². The van der Waals surface area contributed by atoms with Crippen LogP contribution in [0.1, 0.15) is 27.7 Å². The Kier molecular flexibility index (Phi) is 4.84. The summed E-state index contributed by atoms with van der Waals surface area (Å²) in [4.78, 5) is 0. The molecule has 1 rings (SSSR count). The zero-order valence-corrected chi connectivity index (χ0v) is 9.71. The van der Waals surface area contributed by atoms with Crippen molar-refractivity contribution >= 4 is 0 Å². The molecular weight excluding hydrogens is 323 g/mol. The molecule has 0 aromatic carbocycles. The average molecular weight is 339 g/mol. The molecule has 1 fully saturated rings. The summed E-state index contributed by atoms with van der Waals surface area (Å²) in [6, 6.07) is 0. The van der Waals surface area contributed by atoms with Crippen molar-refractivity contribution in [2.75, 3.05) is 0 Å². The van der Waals surface area contributed by atoms with Crippen LogP contribution in [0.2, 0.25) is 0 Å². The van der Waals surface area contributed by atoms with Gasteiger partial charge in [0.2, 0.25) is 0 Å². The van der Waals surface area contributed by atoms with Gasteiger partial charge in [-0.1, -0.05) is 0 Å². The molecule has 4 unspecified atom stereocenters. The number of hydrogen-bond donors (Lipinski definition) is 0. The number of ether oxygens (including phenoxy) is 2. The first-order valence-corrected chi connectivity index (χ1v) is 3.92. The summed E-state index contributed by atoms with van der Waals surface area (Å²) < 4.78 is 11.2. The third-order valence-electron chi connectivity index (χ3n) is 2.18. The molecule has 0 aliphatic carbocycles. The van der Waals surface area contributed by atoms with Gasteiger partial charge in [0.05, 0.1) is 24.4 Å². The van der Waals surface area contributed by atoms with E-state index in [0.29, 0.717) is 0 Å². The van der Waals surface area contributed by atoms with Gasteiger partial charge in [-0.3, -0.25) is 0 Å². The third-order valence-corrected chi connectivity index (χ3v) is 2.18. The van der Waals surface area contributed by atoms with Crippen molar-refractivity contribution in [1.29, 1.82) is 0 Å². The quantitative estimate of drug-likeness (QED) is 0.667. The minimum Gasteiger partial charge on any atom is -0.370 e. The van der Waals surface area contributed by atoms with Gasteiger partial charge in [-0.15, -0.1) is 0 Å². The van der Waals surface area contributed by atoms with E-state index in [-0.39, 0.29) is 45.5 Å². The standard InChI is InChI=1S/C8H16O2.Pt/c1-5-6(2)10-8(4)7(3)9-5;/h5-8H,1-4H3;. The van der Waals surface area contributed by atoms with Crippen LogP contribution in [-0.4, -0.2) is 24.4 Å². The van der Waals surface area contributed by atoms with Crippen LogP contribution in [0.25, 0.3) is 0 Å². The maximum absolute atomic E-state index is 5.59. The van der Waals surface area contributed by atoms with Gasteiger partial charge in [0.15, 0.2) is 0 Å². The van der Waals surface area contributed by atoms with Crippen LogP contribution in [0, 0.1) is 0 Å². The molecule has 1 aliphatic heterocycles. The second kappa shape index (κ2) is 4.59. The summed E-state index contributed by atoms with van der Waals surface area (Å²) in [5.41, 5.74) is 0. The Bertz CT molecular complexity index is 92.7. The van der Waals surface area contributed by atoms with Crippen molar-refractivity contribution in [3.05, 3.63) is 0 Å². The van der Waals surface area contributed by atoms with Gasteiger partial charge in [0.25, 0.3) is 0 Å². The Morgan fingerprint density at radius 2 is 0.818 bits per heavy atom.